The molecule has 7 atom stereocenters. The summed E-state index contributed by atoms with van der Waals surface area (Å²) in [7, 11) is 0. The molecule has 0 heteroatoms. The molecule has 5 saturated carbocycles. The molecular formula is C19H30. The molecule has 0 saturated heterocycles. The Labute approximate surface area is 118 Å². The van der Waals surface area contributed by atoms with Crippen LogP contribution in [0.25, 0.3) is 0 Å². The van der Waals surface area contributed by atoms with Gasteiger partial charge in [0.05, 0.1) is 0 Å². The van der Waals surface area contributed by atoms with Crippen LogP contribution in [0.2, 0.25) is 0 Å². The lowest BCUT2D eigenvalue weighted by molar-refractivity contribution is 0.145. The van der Waals surface area contributed by atoms with E-state index in [2.05, 4.69) is 6.92 Å². The maximum Gasteiger partial charge on any atom is -0.0232 e. The highest BCUT2D eigenvalue weighted by molar-refractivity contribution is 5.22. The molecule has 5 fully saturated rings. The number of hydrogen-bond donors (Lipinski definition) is 0. The smallest absolute Gasteiger partial charge is 0.0232 e. The van der Waals surface area contributed by atoms with Crippen molar-refractivity contribution in [2.75, 3.05) is 0 Å². The van der Waals surface area contributed by atoms with Gasteiger partial charge < -0.3 is 0 Å². The van der Waals surface area contributed by atoms with Crippen LogP contribution in [0.1, 0.15) is 77.6 Å². The van der Waals surface area contributed by atoms with E-state index in [0.717, 1.165) is 16.7 Å². The van der Waals surface area contributed by atoms with E-state index in [4.69, 9.17) is 0 Å². The van der Waals surface area contributed by atoms with Gasteiger partial charge in [-0.05, 0) is 78.9 Å². The van der Waals surface area contributed by atoms with Gasteiger partial charge >= 0.3 is 0 Å². The van der Waals surface area contributed by atoms with Crippen molar-refractivity contribution < 1.29 is 0 Å². The zero-order chi connectivity index (χ0) is 12.7. The highest BCUT2D eigenvalue weighted by Gasteiger charge is 2.74. The molecule has 0 aromatic carbocycles. The lowest BCUT2D eigenvalue weighted by atomic mass is 9.71. The maximum atomic E-state index is 2.52. The van der Waals surface area contributed by atoms with Gasteiger partial charge in [0.25, 0.3) is 0 Å². The molecule has 0 N–H and O–H groups in total. The van der Waals surface area contributed by atoms with Crippen molar-refractivity contribution >= 4 is 0 Å². The number of rotatable bonds is 1. The molecule has 7 unspecified atom stereocenters. The average Bonchev–Trinajstić information content (AvgIpc) is 3.24. The first kappa shape index (κ1) is 11.6. The summed E-state index contributed by atoms with van der Waals surface area (Å²) >= 11 is 0. The van der Waals surface area contributed by atoms with Gasteiger partial charge in [0.1, 0.15) is 0 Å². The highest BCUT2D eigenvalue weighted by Crippen LogP contribution is 2.81. The van der Waals surface area contributed by atoms with E-state index >= 15 is 0 Å². The molecule has 106 valence electrons. The average molecular weight is 258 g/mol. The fourth-order valence-electron chi connectivity index (χ4n) is 7.98. The third-order valence-electron chi connectivity index (χ3n) is 8.72. The van der Waals surface area contributed by atoms with Crippen LogP contribution in [0.5, 0.6) is 0 Å². The lowest BCUT2D eigenvalue weighted by Crippen LogP contribution is -2.27. The van der Waals surface area contributed by atoms with Crippen LogP contribution in [-0.2, 0) is 0 Å². The topological polar surface area (TPSA) is 0 Å². The minimum atomic E-state index is 0.852. The fraction of sp³-hybridized carbons (Fsp3) is 1.00. The molecule has 0 nitrogen and oxygen atoms in total. The second-order valence-corrected chi connectivity index (χ2v) is 8.85. The summed E-state index contributed by atoms with van der Waals surface area (Å²) in [5.41, 5.74) is 1.74. The molecule has 0 radical (unpaired) electrons. The van der Waals surface area contributed by atoms with Gasteiger partial charge in [-0.1, -0.05) is 39.0 Å². The van der Waals surface area contributed by atoms with E-state index in [-0.39, 0.29) is 0 Å². The van der Waals surface area contributed by atoms with Gasteiger partial charge in [0.15, 0.2) is 0 Å². The first-order chi connectivity index (χ1) is 9.32. The third kappa shape index (κ3) is 1.28. The normalized spacial score (nSPS) is 62.1. The van der Waals surface area contributed by atoms with Gasteiger partial charge in [0.2, 0.25) is 0 Å². The monoisotopic (exact) mass is 258 g/mol. The van der Waals surface area contributed by atoms with Crippen molar-refractivity contribution in [1.82, 2.24) is 0 Å². The Morgan fingerprint density at radius 1 is 0.895 bits per heavy atom. The molecule has 5 aliphatic carbocycles. The third-order valence-corrected chi connectivity index (χ3v) is 8.72. The van der Waals surface area contributed by atoms with Gasteiger partial charge in [-0.25, -0.2) is 0 Å². The molecule has 19 heavy (non-hydrogen) atoms. The first-order valence-corrected chi connectivity index (χ1v) is 9.32. The summed E-state index contributed by atoms with van der Waals surface area (Å²) < 4.78 is 0. The van der Waals surface area contributed by atoms with Crippen molar-refractivity contribution in [2.45, 2.75) is 77.6 Å². The standard InChI is InChI=1S/C19H30/c1-2-18-10-4-7-13-6-3-8-14-12-19(14)11-5-9-15(18)17(18)16(13)19/h13-17H,2-12H2,1H3. The largest absolute Gasteiger partial charge is 0.0648 e. The van der Waals surface area contributed by atoms with E-state index in [1.807, 2.05) is 0 Å². The summed E-state index contributed by atoms with van der Waals surface area (Å²) in [6, 6.07) is 0. The van der Waals surface area contributed by atoms with Gasteiger partial charge in [-0.3, -0.25) is 0 Å². The van der Waals surface area contributed by atoms with Crippen molar-refractivity contribution in [3.8, 4) is 0 Å². The Balaban J connectivity index is 1.60. The Morgan fingerprint density at radius 3 is 2.63 bits per heavy atom. The van der Waals surface area contributed by atoms with Crippen molar-refractivity contribution in [2.24, 2.45) is 40.4 Å². The predicted octanol–water partition coefficient (Wildman–Crippen LogP) is 5.42. The molecular weight excluding hydrogens is 228 g/mol. The van der Waals surface area contributed by atoms with Crippen LogP contribution < -0.4 is 0 Å². The quantitative estimate of drug-likeness (QED) is 0.589. The fourth-order valence-corrected chi connectivity index (χ4v) is 7.98. The second kappa shape index (κ2) is 3.60. The van der Waals surface area contributed by atoms with Crippen LogP contribution in [0.3, 0.4) is 0 Å². The summed E-state index contributed by atoms with van der Waals surface area (Å²) in [5.74, 6) is 5.87. The summed E-state index contributed by atoms with van der Waals surface area (Å²) in [5, 5.41) is 0. The zero-order valence-corrected chi connectivity index (χ0v) is 12.7. The molecule has 5 rings (SSSR count). The Bertz CT molecular complexity index is 399. The van der Waals surface area contributed by atoms with Crippen molar-refractivity contribution in [3.63, 3.8) is 0 Å². The Morgan fingerprint density at radius 2 is 1.74 bits per heavy atom. The molecule has 0 bridgehead atoms. The van der Waals surface area contributed by atoms with E-state index in [0.29, 0.717) is 0 Å². The lowest BCUT2D eigenvalue weighted by Gasteiger charge is -2.33. The molecule has 5 aliphatic rings. The van der Waals surface area contributed by atoms with Gasteiger partial charge in [0, 0.05) is 0 Å². The van der Waals surface area contributed by atoms with E-state index in [9.17, 15) is 0 Å². The molecule has 0 aromatic rings. The molecule has 0 aromatic heterocycles. The van der Waals surface area contributed by atoms with E-state index in [1.54, 1.807) is 64.2 Å². The summed E-state index contributed by atoms with van der Waals surface area (Å²) in [6.45, 7) is 2.52. The van der Waals surface area contributed by atoms with Gasteiger partial charge in [-0.15, -0.1) is 0 Å². The number of fused-ring (bicyclic) bond motifs is 1. The molecule has 0 aliphatic heterocycles. The molecule has 0 amide bonds. The zero-order valence-electron chi connectivity index (χ0n) is 12.7. The summed E-state index contributed by atoms with van der Waals surface area (Å²) in [4.78, 5) is 0. The van der Waals surface area contributed by atoms with E-state index < -0.39 is 0 Å². The molecule has 1 spiro atoms. The van der Waals surface area contributed by atoms with Crippen LogP contribution in [0, 0.1) is 40.4 Å². The minimum Gasteiger partial charge on any atom is -0.0648 e. The maximum absolute atomic E-state index is 2.52. The van der Waals surface area contributed by atoms with Crippen LogP contribution in [0.4, 0.5) is 0 Å². The molecule has 0 heterocycles. The van der Waals surface area contributed by atoms with Crippen LogP contribution >= 0.6 is 0 Å². The van der Waals surface area contributed by atoms with Crippen molar-refractivity contribution in [3.05, 3.63) is 0 Å². The van der Waals surface area contributed by atoms with Gasteiger partial charge in [-0.2, -0.15) is 0 Å². The van der Waals surface area contributed by atoms with E-state index in [1.165, 1.54) is 30.1 Å². The first-order valence-electron chi connectivity index (χ1n) is 9.32. The SMILES string of the molecule is CCC12CCCC3CCCC4CC45CCCC1C2C35. The van der Waals surface area contributed by atoms with Crippen LogP contribution in [-0.4, -0.2) is 0 Å². The second-order valence-electron chi connectivity index (χ2n) is 8.85. The Hall–Kier alpha value is 0. The number of hydrogen-bond acceptors (Lipinski definition) is 0. The predicted molar refractivity (Wildman–Crippen MR) is 78.8 cm³/mol. The minimum absolute atomic E-state index is 0.852. The van der Waals surface area contributed by atoms with Crippen LogP contribution in [0.15, 0.2) is 0 Å². The Kier molecular flexibility index (Phi) is 2.21. The summed E-state index contributed by atoms with van der Waals surface area (Å²) in [6.07, 6.45) is 17.5. The highest BCUT2D eigenvalue weighted by atomic mass is 14.8. The van der Waals surface area contributed by atoms with Crippen molar-refractivity contribution in [1.29, 1.82) is 0 Å².